The number of nitrogens with zero attached hydrogens (tertiary/aromatic N) is 2. The topological polar surface area (TPSA) is 49.6 Å². The van der Waals surface area contributed by atoms with E-state index >= 15 is 0 Å². The molecule has 0 saturated carbocycles. The first-order valence-electron chi connectivity index (χ1n) is 7.42. The number of anilines is 1. The number of hydrogen-bond donors (Lipinski definition) is 1. The molecule has 0 unspecified atom stereocenters. The van der Waals surface area contributed by atoms with Crippen molar-refractivity contribution in [2.24, 2.45) is 5.92 Å². The molecule has 110 valence electrons. The Bertz CT molecular complexity index is 434. The van der Waals surface area contributed by atoms with Gasteiger partial charge in [0, 0.05) is 44.3 Å². The van der Waals surface area contributed by atoms with Crippen LogP contribution in [0.5, 0.6) is 0 Å². The Labute approximate surface area is 121 Å². The molecule has 2 rings (SSSR count). The SMILES string of the molecule is CC(C)C(=O)N1CCN(CCc2ccc(N)cc2)CC1. The standard InChI is InChI=1S/C16H25N3O/c1-13(2)16(20)19-11-9-18(10-12-19)8-7-14-3-5-15(17)6-4-14/h3-6,13H,7-12,17H2,1-2H3. The molecule has 4 nitrogen and oxygen atoms in total. The Morgan fingerprint density at radius 2 is 1.75 bits per heavy atom. The Kier molecular flexibility index (Phi) is 5.01. The van der Waals surface area contributed by atoms with Crippen LogP contribution in [0.2, 0.25) is 0 Å². The van der Waals surface area contributed by atoms with E-state index < -0.39 is 0 Å². The molecule has 1 heterocycles. The third kappa shape index (κ3) is 3.97. The molecule has 1 fully saturated rings. The van der Waals surface area contributed by atoms with Gasteiger partial charge in [0.2, 0.25) is 5.91 Å². The van der Waals surface area contributed by atoms with Gasteiger partial charge in [-0.15, -0.1) is 0 Å². The molecule has 0 spiro atoms. The highest BCUT2D eigenvalue weighted by molar-refractivity contribution is 5.78. The third-order valence-electron chi connectivity index (χ3n) is 3.87. The van der Waals surface area contributed by atoms with Crippen molar-refractivity contribution < 1.29 is 4.79 Å². The molecule has 0 aliphatic carbocycles. The average molecular weight is 275 g/mol. The minimum Gasteiger partial charge on any atom is -0.399 e. The van der Waals surface area contributed by atoms with E-state index in [9.17, 15) is 4.79 Å². The monoisotopic (exact) mass is 275 g/mol. The van der Waals surface area contributed by atoms with Crippen LogP contribution in [0.4, 0.5) is 5.69 Å². The van der Waals surface area contributed by atoms with Gasteiger partial charge in [0.1, 0.15) is 0 Å². The van der Waals surface area contributed by atoms with Crippen molar-refractivity contribution in [3.8, 4) is 0 Å². The summed E-state index contributed by atoms with van der Waals surface area (Å²) in [5.74, 6) is 0.388. The highest BCUT2D eigenvalue weighted by Crippen LogP contribution is 2.10. The van der Waals surface area contributed by atoms with Crippen LogP contribution in [0.25, 0.3) is 0 Å². The van der Waals surface area contributed by atoms with Crippen molar-refractivity contribution in [3.05, 3.63) is 29.8 Å². The van der Waals surface area contributed by atoms with Crippen molar-refractivity contribution >= 4 is 11.6 Å². The van der Waals surface area contributed by atoms with Crippen molar-refractivity contribution in [1.29, 1.82) is 0 Å². The van der Waals surface area contributed by atoms with Gasteiger partial charge < -0.3 is 10.6 Å². The van der Waals surface area contributed by atoms with E-state index in [1.807, 2.05) is 30.9 Å². The molecule has 0 bridgehead atoms. The van der Waals surface area contributed by atoms with Gasteiger partial charge in [0.15, 0.2) is 0 Å². The van der Waals surface area contributed by atoms with Crippen LogP contribution in [-0.2, 0) is 11.2 Å². The van der Waals surface area contributed by atoms with E-state index in [1.165, 1.54) is 5.56 Å². The average Bonchev–Trinajstić information content (AvgIpc) is 2.46. The highest BCUT2D eigenvalue weighted by atomic mass is 16.2. The first kappa shape index (κ1) is 14.9. The minimum absolute atomic E-state index is 0.108. The number of benzene rings is 1. The molecule has 0 radical (unpaired) electrons. The second-order valence-corrected chi connectivity index (χ2v) is 5.81. The molecule has 20 heavy (non-hydrogen) atoms. The number of amides is 1. The molecule has 1 amide bonds. The zero-order valence-corrected chi connectivity index (χ0v) is 12.5. The summed E-state index contributed by atoms with van der Waals surface area (Å²) in [6.07, 6.45) is 1.04. The molecule has 0 aromatic heterocycles. The highest BCUT2D eigenvalue weighted by Gasteiger charge is 2.22. The van der Waals surface area contributed by atoms with Gasteiger partial charge in [0.05, 0.1) is 0 Å². The Hall–Kier alpha value is -1.55. The number of hydrogen-bond acceptors (Lipinski definition) is 3. The number of rotatable bonds is 4. The van der Waals surface area contributed by atoms with Crippen LogP contribution in [0, 0.1) is 5.92 Å². The van der Waals surface area contributed by atoms with Crippen LogP contribution < -0.4 is 5.73 Å². The molecular formula is C16H25N3O. The first-order valence-corrected chi connectivity index (χ1v) is 7.42. The third-order valence-corrected chi connectivity index (χ3v) is 3.87. The zero-order valence-electron chi connectivity index (χ0n) is 12.5. The predicted octanol–water partition coefficient (Wildman–Crippen LogP) is 1.61. The molecule has 4 heteroatoms. The van der Waals surface area contributed by atoms with Crippen molar-refractivity contribution in [1.82, 2.24) is 9.80 Å². The summed E-state index contributed by atoms with van der Waals surface area (Å²) in [5.41, 5.74) is 7.82. The summed E-state index contributed by atoms with van der Waals surface area (Å²) >= 11 is 0. The summed E-state index contributed by atoms with van der Waals surface area (Å²) in [5, 5.41) is 0. The van der Waals surface area contributed by atoms with Crippen molar-refractivity contribution in [3.63, 3.8) is 0 Å². The molecular weight excluding hydrogens is 250 g/mol. The van der Waals surface area contributed by atoms with Gasteiger partial charge in [-0.25, -0.2) is 0 Å². The van der Waals surface area contributed by atoms with E-state index in [-0.39, 0.29) is 11.8 Å². The maximum absolute atomic E-state index is 11.9. The van der Waals surface area contributed by atoms with Crippen molar-refractivity contribution in [2.75, 3.05) is 38.5 Å². The van der Waals surface area contributed by atoms with Crippen LogP contribution in [0.1, 0.15) is 19.4 Å². The van der Waals surface area contributed by atoms with E-state index in [1.54, 1.807) is 0 Å². The molecule has 1 aliphatic heterocycles. The quantitative estimate of drug-likeness (QED) is 0.849. The van der Waals surface area contributed by atoms with Crippen LogP contribution in [-0.4, -0.2) is 48.4 Å². The Balaban J connectivity index is 1.74. The van der Waals surface area contributed by atoms with Gasteiger partial charge >= 0.3 is 0 Å². The zero-order chi connectivity index (χ0) is 14.5. The van der Waals surface area contributed by atoms with E-state index in [0.717, 1.165) is 44.8 Å². The van der Waals surface area contributed by atoms with Crippen molar-refractivity contribution in [2.45, 2.75) is 20.3 Å². The lowest BCUT2D eigenvalue weighted by Crippen LogP contribution is -2.50. The maximum atomic E-state index is 11.9. The van der Waals surface area contributed by atoms with E-state index in [0.29, 0.717) is 0 Å². The van der Waals surface area contributed by atoms with Gasteiger partial charge in [-0.05, 0) is 24.1 Å². The van der Waals surface area contributed by atoms with E-state index in [2.05, 4.69) is 17.0 Å². The summed E-state index contributed by atoms with van der Waals surface area (Å²) in [6.45, 7) is 8.66. The maximum Gasteiger partial charge on any atom is 0.225 e. The molecule has 2 N–H and O–H groups in total. The Morgan fingerprint density at radius 1 is 1.15 bits per heavy atom. The fourth-order valence-electron chi connectivity index (χ4n) is 2.53. The smallest absolute Gasteiger partial charge is 0.225 e. The van der Waals surface area contributed by atoms with Gasteiger partial charge in [-0.2, -0.15) is 0 Å². The fraction of sp³-hybridized carbons (Fsp3) is 0.562. The molecule has 1 aromatic rings. The second-order valence-electron chi connectivity index (χ2n) is 5.81. The molecule has 0 atom stereocenters. The van der Waals surface area contributed by atoms with Crippen LogP contribution in [0.3, 0.4) is 0 Å². The molecule has 1 aliphatic rings. The number of nitrogens with two attached hydrogens (primary N) is 1. The summed E-state index contributed by atoms with van der Waals surface area (Å²) in [6, 6.07) is 8.09. The summed E-state index contributed by atoms with van der Waals surface area (Å²) < 4.78 is 0. The number of carbonyl (C=O) groups is 1. The number of nitrogen functional groups attached to an aromatic ring is 1. The number of piperazine rings is 1. The minimum atomic E-state index is 0.108. The number of carbonyl (C=O) groups excluding carboxylic acids is 1. The second kappa shape index (κ2) is 6.75. The molecule has 1 saturated heterocycles. The molecule has 1 aromatic carbocycles. The summed E-state index contributed by atoms with van der Waals surface area (Å²) in [7, 11) is 0. The van der Waals surface area contributed by atoms with Gasteiger partial charge in [-0.3, -0.25) is 9.69 Å². The lowest BCUT2D eigenvalue weighted by atomic mass is 10.1. The summed E-state index contributed by atoms with van der Waals surface area (Å²) in [4.78, 5) is 16.3. The Morgan fingerprint density at radius 3 is 2.30 bits per heavy atom. The van der Waals surface area contributed by atoms with Crippen LogP contribution in [0.15, 0.2) is 24.3 Å². The van der Waals surface area contributed by atoms with Gasteiger partial charge in [0.25, 0.3) is 0 Å². The predicted molar refractivity (Wildman–Crippen MR) is 82.4 cm³/mol. The van der Waals surface area contributed by atoms with E-state index in [4.69, 9.17) is 5.73 Å². The van der Waals surface area contributed by atoms with Crippen LogP contribution >= 0.6 is 0 Å². The lowest BCUT2D eigenvalue weighted by Gasteiger charge is -2.35. The fourth-order valence-corrected chi connectivity index (χ4v) is 2.53. The first-order chi connectivity index (χ1) is 9.56. The lowest BCUT2D eigenvalue weighted by molar-refractivity contribution is -0.136. The largest absolute Gasteiger partial charge is 0.399 e. The normalized spacial score (nSPS) is 16.6. The van der Waals surface area contributed by atoms with Gasteiger partial charge in [-0.1, -0.05) is 26.0 Å².